The van der Waals surface area contributed by atoms with Gasteiger partial charge in [-0.15, -0.1) is 13.2 Å². The summed E-state index contributed by atoms with van der Waals surface area (Å²) in [5, 5.41) is 18.2. The molecule has 1 aliphatic rings. The smallest absolute Gasteiger partial charge is 0.444 e. The number of para-hydroxylation sites is 1. The molecule has 2 aromatic rings. The van der Waals surface area contributed by atoms with Gasteiger partial charge in [0.15, 0.2) is 0 Å². The zero-order chi connectivity index (χ0) is 25.6. The van der Waals surface area contributed by atoms with E-state index < -0.39 is 18.1 Å². The molecule has 0 saturated heterocycles. The van der Waals surface area contributed by atoms with Gasteiger partial charge in [0.05, 0.1) is 6.20 Å². The average Bonchev–Trinajstić information content (AvgIpc) is 2.72. The summed E-state index contributed by atoms with van der Waals surface area (Å²) in [7, 11) is 0. The van der Waals surface area contributed by atoms with Crippen molar-refractivity contribution < 1.29 is 27.4 Å². The number of nitrogens with zero attached hydrogens (tertiary/aromatic N) is 3. The molecule has 1 aliphatic carbocycles. The van der Waals surface area contributed by atoms with Crippen molar-refractivity contribution in [3.05, 3.63) is 41.6 Å². The lowest BCUT2D eigenvalue weighted by Gasteiger charge is -2.36. The van der Waals surface area contributed by atoms with Gasteiger partial charge in [0.2, 0.25) is 5.95 Å². The van der Waals surface area contributed by atoms with Gasteiger partial charge in [-0.3, -0.25) is 0 Å². The van der Waals surface area contributed by atoms with Gasteiger partial charge in [0.25, 0.3) is 0 Å². The summed E-state index contributed by atoms with van der Waals surface area (Å²) in [5.74, 6) is 0.401. The highest BCUT2D eigenvalue weighted by molar-refractivity contribution is 5.68. The first-order valence-electron chi connectivity index (χ1n) is 11.0. The van der Waals surface area contributed by atoms with Crippen LogP contribution in [0.25, 0.3) is 0 Å². The predicted octanol–water partition coefficient (Wildman–Crippen LogP) is 4.57. The van der Waals surface area contributed by atoms with E-state index in [2.05, 4.69) is 30.7 Å². The van der Waals surface area contributed by atoms with Gasteiger partial charge >= 0.3 is 12.5 Å². The van der Waals surface area contributed by atoms with E-state index in [1.807, 2.05) is 6.07 Å². The first-order valence-corrected chi connectivity index (χ1v) is 11.0. The molecule has 12 heteroatoms. The summed E-state index contributed by atoms with van der Waals surface area (Å²) in [6.07, 6.45) is -2.42. The number of carbonyl (C=O) groups excluding carboxylic acids is 1. The monoisotopic (exact) mass is 492 g/mol. The Labute approximate surface area is 201 Å². The second kappa shape index (κ2) is 10.7. The molecule has 1 amide bonds. The second-order valence-electron chi connectivity index (χ2n) is 9.14. The summed E-state index contributed by atoms with van der Waals surface area (Å²) in [4.78, 5) is 20.2. The summed E-state index contributed by atoms with van der Waals surface area (Å²) >= 11 is 0. The number of rotatable bonds is 8. The molecule has 0 unspecified atom stereocenters. The Morgan fingerprint density at radius 3 is 2.57 bits per heavy atom. The van der Waals surface area contributed by atoms with Crippen LogP contribution in [0.3, 0.4) is 0 Å². The largest absolute Gasteiger partial charge is 0.573 e. The van der Waals surface area contributed by atoms with Gasteiger partial charge in [0.1, 0.15) is 28.8 Å². The van der Waals surface area contributed by atoms with Gasteiger partial charge in [-0.05, 0) is 45.6 Å². The summed E-state index contributed by atoms with van der Waals surface area (Å²) < 4.78 is 47.2. The zero-order valence-corrected chi connectivity index (χ0v) is 19.6. The Balaban J connectivity index is 1.53. The van der Waals surface area contributed by atoms with E-state index in [9.17, 15) is 23.2 Å². The Morgan fingerprint density at radius 1 is 1.20 bits per heavy atom. The van der Waals surface area contributed by atoms with Crippen LogP contribution in [0, 0.1) is 17.2 Å². The molecule has 188 valence electrons. The minimum atomic E-state index is -4.80. The van der Waals surface area contributed by atoms with E-state index in [-0.39, 0.29) is 41.3 Å². The van der Waals surface area contributed by atoms with Crippen LogP contribution in [0.1, 0.15) is 44.7 Å². The highest BCUT2D eigenvalue weighted by atomic mass is 19.4. The zero-order valence-electron chi connectivity index (χ0n) is 19.6. The number of nitrogens with one attached hydrogen (secondary N) is 3. The predicted molar refractivity (Wildman–Crippen MR) is 122 cm³/mol. The molecule has 0 spiro atoms. The highest BCUT2D eigenvalue weighted by Crippen LogP contribution is 2.29. The van der Waals surface area contributed by atoms with Crippen molar-refractivity contribution in [2.24, 2.45) is 5.92 Å². The fourth-order valence-electron chi connectivity index (χ4n) is 3.47. The van der Waals surface area contributed by atoms with E-state index in [0.717, 1.165) is 12.8 Å². The molecule has 1 aromatic heterocycles. The van der Waals surface area contributed by atoms with E-state index in [4.69, 9.17) is 4.74 Å². The first kappa shape index (κ1) is 25.9. The lowest BCUT2D eigenvalue weighted by molar-refractivity contribution is -0.274. The second-order valence-corrected chi connectivity index (χ2v) is 9.14. The van der Waals surface area contributed by atoms with E-state index >= 15 is 0 Å². The highest BCUT2D eigenvalue weighted by Gasteiger charge is 2.32. The number of aromatic nitrogens is 2. The number of alkyl carbamates (subject to hydrolysis) is 1. The molecule has 0 atom stereocenters. The number of carbonyl (C=O) groups is 1. The third-order valence-electron chi connectivity index (χ3n) is 5.06. The van der Waals surface area contributed by atoms with Gasteiger partial charge < -0.3 is 25.4 Å². The van der Waals surface area contributed by atoms with Crippen LogP contribution in [0.5, 0.6) is 5.75 Å². The van der Waals surface area contributed by atoms with Crippen molar-refractivity contribution >= 4 is 17.9 Å². The molecule has 35 heavy (non-hydrogen) atoms. The van der Waals surface area contributed by atoms with Crippen LogP contribution >= 0.6 is 0 Å². The van der Waals surface area contributed by atoms with Gasteiger partial charge in [0, 0.05) is 24.7 Å². The topological polar surface area (TPSA) is 121 Å². The molecular formula is C23H27F3N6O3. The van der Waals surface area contributed by atoms with Crippen LogP contribution in [0.2, 0.25) is 0 Å². The number of alkyl halides is 3. The van der Waals surface area contributed by atoms with Crippen LogP contribution in [0.4, 0.5) is 29.7 Å². The molecule has 3 N–H and O–H groups in total. The third kappa shape index (κ3) is 8.20. The number of nitriles is 1. The van der Waals surface area contributed by atoms with Gasteiger partial charge in [-0.1, -0.05) is 18.2 Å². The average molecular weight is 493 g/mol. The third-order valence-corrected chi connectivity index (χ3v) is 5.06. The van der Waals surface area contributed by atoms with Crippen molar-refractivity contribution in [3.8, 4) is 11.8 Å². The quantitative estimate of drug-likeness (QED) is 0.490. The number of anilines is 2. The first-order chi connectivity index (χ1) is 16.4. The Bertz CT molecular complexity index is 1080. The molecule has 1 heterocycles. The number of halogens is 3. The maximum atomic E-state index is 12.6. The molecule has 1 fully saturated rings. The molecule has 3 rings (SSSR count). The molecular weight excluding hydrogens is 465 g/mol. The number of benzene rings is 1. The van der Waals surface area contributed by atoms with Gasteiger partial charge in [-0.2, -0.15) is 10.2 Å². The molecule has 0 bridgehead atoms. The lowest BCUT2D eigenvalue weighted by Crippen LogP contribution is -2.47. The van der Waals surface area contributed by atoms with Crippen molar-refractivity contribution in [1.29, 1.82) is 5.26 Å². The van der Waals surface area contributed by atoms with E-state index in [0.29, 0.717) is 12.4 Å². The van der Waals surface area contributed by atoms with Crippen molar-refractivity contribution in [2.75, 3.05) is 17.2 Å². The Kier molecular flexibility index (Phi) is 7.89. The van der Waals surface area contributed by atoms with Gasteiger partial charge in [-0.25, -0.2) is 9.78 Å². The minimum absolute atomic E-state index is 0.0156. The number of amides is 1. The van der Waals surface area contributed by atoms with Crippen molar-refractivity contribution in [1.82, 2.24) is 15.3 Å². The van der Waals surface area contributed by atoms with Crippen LogP contribution in [0.15, 0.2) is 30.5 Å². The lowest BCUT2D eigenvalue weighted by atomic mass is 9.80. The molecule has 0 radical (unpaired) electrons. The molecule has 9 nitrogen and oxygen atoms in total. The minimum Gasteiger partial charge on any atom is -0.444 e. The van der Waals surface area contributed by atoms with Crippen LogP contribution < -0.4 is 20.7 Å². The fraction of sp³-hybridized carbons (Fsp3) is 0.478. The summed E-state index contributed by atoms with van der Waals surface area (Å²) in [6, 6.07) is 7.79. The summed E-state index contributed by atoms with van der Waals surface area (Å²) in [6.45, 7) is 5.91. The maximum Gasteiger partial charge on any atom is 0.573 e. The summed E-state index contributed by atoms with van der Waals surface area (Å²) in [5.41, 5.74) is -0.0568. The SMILES string of the molecule is CC(C)(C)OC(=O)NC1CC(CNc2nc(NCc3ccccc3OC(F)(F)F)ncc2C#N)C1. The van der Waals surface area contributed by atoms with Crippen LogP contribution in [-0.4, -0.2) is 40.6 Å². The van der Waals surface area contributed by atoms with E-state index in [1.54, 1.807) is 26.8 Å². The van der Waals surface area contributed by atoms with E-state index in [1.165, 1.54) is 24.4 Å². The van der Waals surface area contributed by atoms with Crippen LogP contribution in [-0.2, 0) is 11.3 Å². The molecule has 0 aliphatic heterocycles. The fourth-order valence-corrected chi connectivity index (χ4v) is 3.47. The van der Waals surface area contributed by atoms with Crippen molar-refractivity contribution in [2.45, 2.75) is 58.2 Å². The number of ether oxygens (including phenoxy) is 2. The molecule has 1 aromatic carbocycles. The standard InChI is InChI=1S/C23H27F3N6O3/c1-22(2,3)35-21(33)31-17-8-14(9-17)11-28-19-16(10-27)13-30-20(32-19)29-12-15-6-4-5-7-18(15)34-23(24,25)26/h4-7,13-14,17H,8-9,11-12H2,1-3H3,(H,31,33)(H2,28,29,30,32). The Hall–Kier alpha value is -3.75. The number of hydrogen-bond acceptors (Lipinski definition) is 8. The Morgan fingerprint density at radius 2 is 1.91 bits per heavy atom. The van der Waals surface area contributed by atoms with Crippen molar-refractivity contribution in [3.63, 3.8) is 0 Å². The number of hydrogen-bond donors (Lipinski definition) is 3. The molecule has 1 saturated carbocycles. The normalized spacial score (nSPS) is 17.5. The maximum absolute atomic E-state index is 12.6.